The van der Waals surface area contributed by atoms with E-state index in [-0.39, 0.29) is 24.3 Å². The van der Waals surface area contributed by atoms with Crippen LogP contribution in [-0.2, 0) is 23.8 Å². The molecule has 4 aliphatic carbocycles. The molecule has 0 spiro atoms. The molecule has 0 aromatic carbocycles. The lowest BCUT2D eigenvalue weighted by atomic mass is 9.70. The maximum atomic E-state index is 13.8. The van der Waals surface area contributed by atoms with Crippen LogP contribution in [0.3, 0.4) is 0 Å². The highest BCUT2D eigenvalue weighted by atomic mass is 19.4. The van der Waals surface area contributed by atoms with Crippen molar-refractivity contribution in [2.75, 3.05) is 6.61 Å². The van der Waals surface area contributed by atoms with E-state index >= 15 is 0 Å². The van der Waals surface area contributed by atoms with Crippen LogP contribution in [0, 0.1) is 17.8 Å². The molecule has 5 atom stereocenters. The Morgan fingerprint density at radius 3 is 1.94 bits per heavy atom. The maximum absolute atomic E-state index is 13.8. The van der Waals surface area contributed by atoms with Gasteiger partial charge in [0.05, 0.1) is 5.60 Å². The van der Waals surface area contributed by atoms with Crippen LogP contribution >= 0.6 is 0 Å². The Morgan fingerprint density at radius 2 is 1.48 bits per heavy atom. The Bertz CT molecular complexity index is 859. The topological polar surface area (TPSA) is 61.8 Å². The highest BCUT2D eigenvalue weighted by molar-refractivity contribution is 5.87. The molecule has 186 valence electrons. The molecule has 4 aliphatic rings. The molecule has 0 N–H and O–H groups in total. The molecule has 4 saturated carbocycles. The zero-order valence-corrected chi connectivity index (χ0v) is 18.5. The molecular weight excluding hydrogens is 458 g/mol. The smallest absolute Gasteiger partial charge is 0.440 e. The summed E-state index contributed by atoms with van der Waals surface area (Å²) in [5.41, 5.74) is -7.42. The average Bonchev–Trinajstić information content (AvgIpc) is 3.01. The lowest BCUT2D eigenvalue weighted by molar-refractivity contribution is -0.385. The van der Waals surface area contributed by atoms with E-state index in [1.807, 2.05) is 0 Å². The standard InChI is InChI=1S/C22H26F6O5/c1-11(2)16(29)32-19-7-13-6-14(8-19)18(5,15(13)9-19)31-10-20(21(23,24)25,22(26,27)28)33-17(30)12(3)4/h13-15H,1,3,6-10H2,2,4-5H3. The van der Waals surface area contributed by atoms with E-state index in [0.717, 1.165) is 6.92 Å². The Hall–Kier alpha value is -2.04. The molecule has 0 aromatic heterocycles. The van der Waals surface area contributed by atoms with Gasteiger partial charge >= 0.3 is 29.9 Å². The van der Waals surface area contributed by atoms with Crippen LogP contribution in [0.15, 0.2) is 24.3 Å². The molecule has 0 aliphatic heterocycles. The molecule has 5 nitrogen and oxygen atoms in total. The van der Waals surface area contributed by atoms with Gasteiger partial charge in [-0.15, -0.1) is 0 Å². The zero-order chi connectivity index (χ0) is 25.2. The molecule has 4 fully saturated rings. The van der Waals surface area contributed by atoms with E-state index < -0.39 is 65.1 Å². The summed E-state index contributed by atoms with van der Waals surface area (Å²) in [6.45, 7) is 8.58. The first-order valence-corrected chi connectivity index (χ1v) is 10.4. The van der Waals surface area contributed by atoms with E-state index in [9.17, 15) is 35.9 Å². The van der Waals surface area contributed by atoms with Crippen molar-refractivity contribution in [3.8, 4) is 0 Å². The van der Waals surface area contributed by atoms with Gasteiger partial charge in [-0.25, -0.2) is 9.59 Å². The number of halogens is 6. The van der Waals surface area contributed by atoms with E-state index in [1.54, 1.807) is 0 Å². The first-order valence-electron chi connectivity index (χ1n) is 10.4. The predicted octanol–water partition coefficient (Wildman–Crippen LogP) is 5.05. The number of alkyl halides is 6. The fraction of sp³-hybridized carbons (Fsp3) is 0.727. The van der Waals surface area contributed by atoms with Gasteiger partial charge in [0.2, 0.25) is 0 Å². The third kappa shape index (κ3) is 4.06. The normalized spacial score (nSPS) is 33.2. The van der Waals surface area contributed by atoms with Crippen molar-refractivity contribution in [2.24, 2.45) is 17.8 Å². The molecule has 0 aromatic rings. The van der Waals surface area contributed by atoms with Crippen molar-refractivity contribution in [3.05, 3.63) is 24.3 Å². The van der Waals surface area contributed by atoms with Gasteiger partial charge in [0, 0.05) is 11.1 Å². The van der Waals surface area contributed by atoms with Crippen LogP contribution in [0.4, 0.5) is 26.3 Å². The largest absolute Gasteiger partial charge is 0.456 e. The van der Waals surface area contributed by atoms with Crippen molar-refractivity contribution in [3.63, 3.8) is 0 Å². The monoisotopic (exact) mass is 484 g/mol. The highest BCUT2D eigenvalue weighted by Gasteiger charge is 2.76. The molecule has 0 saturated heterocycles. The number of ether oxygens (including phenoxy) is 3. The van der Waals surface area contributed by atoms with E-state index in [2.05, 4.69) is 17.9 Å². The number of carbonyl (C=O) groups is 2. The Morgan fingerprint density at radius 1 is 0.939 bits per heavy atom. The van der Waals surface area contributed by atoms with Gasteiger partial charge in [0.15, 0.2) is 0 Å². The molecule has 0 heterocycles. The summed E-state index contributed by atoms with van der Waals surface area (Å²) in [5.74, 6) is -3.32. The van der Waals surface area contributed by atoms with Gasteiger partial charge < -0.3 is 14.2 Å². The molecule has 5 unspecified atom stereocenters. The minimum atomic E-state index is -5.99. The fourth-order valence-corrected chi connectivity index (χ4v) is 5.60. The van der Waals surface area contributed by atoms with Gasteiger partial charge in [-0.05, 0) is 64.2 Å². The Balaban J connectivity index is 1.87. The summed E-state index contributed by atoms with van der Waals surface area (Å²) >= 11 is 0. The maximum Gasteiger partial charge on any atom is 0.440 e. The van der Waals surface area contributed by atoms with Crippen molar-refractivity contribution < 1.29 is 50.1 Å². The van der Waals surface area contributed by atoms with Crippen LogP contribution in [0.2, 0.25) is 0 Å². The molecule has 4 bridgehead atoms. The van der Waals surface area contributed by atoms with Crippen molar-refractivity contribution in [2.45, 2.75) is 75.6 Å². The summed E-state index contributed by atoms with van der Waals surface area (Å²) in [5, 5.41) is 0. The van der Waals surface area contributed by atoms with Crippen LogP contribution in [-0.4, -0.2) is 47.7 Å². The van der Waals surface area contributed by atoms with Crippen LogP contribution < -0.4 is 0 Å². The number of hydrogen-bond donors (Lipinski definition) is 0. The number of hydrogen-bond acceptors (Lipinski definition) is 5. The van der Waals surface area contributed by atoms with Crippen LogP contribution in [0.25, 0.3) is 0 Å². The SMILES string of the molecule is C=C(C)C(=O)OC12CC3CC(C1)C(C)(OCC(OC(=O)C(=C)C)(C(F)(F)F)C(F)(F)F)C3C2. The van der Waals surface area contributed by atoms with Crippen LogP contribution in [0.1, 0.15) is 46.5 Å². The second-order valence-electron chi connectivity index (χ2n) is 9.73. The molecular formula is C22H26F6O5. The molecule has 33 heavy (non-hydrogen) atoms. The summed E-state index contributed by atoms with van der Waals surface area (Å²) < 4.78 is 97.7. The quantitative estimate of drug-likeness (QED) is 0.288. The number of carbonyl (C=O) groups excluding carboxylic acids is 2. The lowest BCUT2D eigenvalue weighted by Crippen LogP contribution is -2.64. The molecule has 0 radical (unpaired) electrons. The fourth-order valence-electron chi connectivity index (χ4n) is 5.60. The molecule has 11 heteroatoms. The van der Waals surface area contributed by atoms with Crippen molar-refractivity contribution in [1.29, 1.82) is 0 Å². The van der Waals surface area contributed by atoms with Gasteiger partial charge in [0.25, 0.3) is 0 Å². The summed E-state index contributed by atoms with van der Waals surface area (Å²) in [6.07, 6.45) is -10.5. The van der Waals surface area contributed by atoms with E-state index in [1.165, 1.54) is 13.8 Å². The lowest BCUT2D eigenvalue weighted by Gasteiger charge is -2.48. The molecule has 0 amide bonds. The van der Waals surface area contributed by atoms with E-state index in [4.69, 9.17) is 9.47 Å². The highest BCUT2D eigenvalue weighted by Crippen LogP contribution is 2.67. The Labute approximate surface area is 187 Å². The summed E-state index contributed by atoms with van der Waals surface area (Å²) in [4.78, 5) is 23.8. The minimum absolute atomic E-state index is 0.0733. The minimum Gasteiger partial charge on any atom is -0.456 e. The third-order valence-corrected chi connectivity index (χ3v) is 7.32. The zero-order valence-electron chi connectivity index (χ0n) is 18.5. The predicted molar refractivity (Wildman–Crippen MR) is 103 cm³/mol. The third-order valence-electron chi connectivity index (χ3n) is 7.32. The summed E-state index contributed by atoms with van der Waals surface area (Å²) in [6, 6.07) is 0. The van der Waals surface area contributed by atoms with Gasteiger partial charge in [-0.2, -0.15) is 26.3 Å². The number of rotatable bonds is 7. The Kier molecular flexibility index (Phi) is 6.00. The van der Waals surface area contributed by atoms with Gasteiger partial charge in [-0.1, -0.05) is 13.2 Å². The average molecular weight is 484 g/mol. The summed E-state index contributed by atoms with van der Waals surface area (Å²) in [7, 11) is 0. The van der Waals surface area contributed by atoms with E-state index in [0.29, 0.717) is 12.8 Å². The second kappa shape index (κ2) is 7.74. The second-order valence-corrected chi connectivity index (χ2v) is 9.73. The first kappa shape index (κ1) is 25.6. The van der Waals surface area contributed by atoms with Crippen molar-refractivity contribution >= 4 is 11.9 Å². The number of esters is 2. The molecule has 4 rings (SSSR count). The van der Waals surface area contributed by atoms with Crippen molar-refractivity contribution in [1.82, 2.24) is 0 Å². The first-order chi connectivity index (χ1) is 14.9. The van der Waals surface area contributed by atoms with Crippen LogP contribution in [0.5, 0.6) is 0 Å². The van der Waals surface area contributed by atoms with Gasteiger partial charge in [0.1, 0.15) is 12.2 Å². The van der Waals surface area contributed by atoms with Gasteiger partial charge in [-0.3, -0.25) is 0 Å².